The lowest BCUT2D eigenvalue weighted by molar-refractivity contribution is -0.124. The van der Waals surface area contributed by atoms with Gasteiger partial charge in [0.2, 0.25) is 5.91 Å². The Balaban J connectivity index is 1.76. The zero-order chi connectivity index (χ0) is 15.1. The molecule has 1 saturated carbocycles. The van der Waals surface area contributed by atoms with Gasteiger partial charge in [-0.3, -0.25) is 14.6 Å². The second kappa shape index (κ2) is 7.74. The number of β-amino-alcohol motifs (C(OH)–C–C–N with tert-alkyl or cyclic N) is 1. The topological polar surface area (TPSA) is 79.6 Å². The fourth-order valence-electron chi connectivity index (χ4n) is 3.24. The van der Waals surface area contributed by atoms with Crippen molar-refractivity contribution in [1.82, 2.24) is 15.1 Å². The van der Waals surface area contributed by atoms with E-state index in [1.807, 2.05) is 0 Å². The lowest BCUT2D eigenvalue weighted by atomic mass is 9.83. The maximum absolute atomic E-state index is 12.2. The largest absolute Gasteiger partial charge is 0.395 e. The Morgan fingerprint density at radius 2 is 1.76 bits per heavy atom. The second-order valence-corrected chi connectivity index (χ2v) is 6.14. The zero-order valence-corrected chi connectivity index (χ0v) is 12.7. The maximum Gasteiger partial charge on any atom is 0.235 e. The van der Waals surface area contributed by atoms with Crippen LogP contribution in [0.1, 0.15) is 32.1 Å². The monoisotopic (exact) mass is 294 g/mol. The quantitative estimate of drug-likeness (QED) is 0.742. The molecule has 118 valence electrons. The second-order valence-electron chi connectivity index (χ2n) is 6.14. The SMILES string of the molecule is N#CC1(NC(=O)CN2CCN(CCO)CC2)CCCCC1. The summed E-state index contributed by atoms with van der Waals surface area (Å²) < 4.78 is 0. The van der Waals surface area contributed by atoms with Gasteiger partial charge in [0, 0.05) is 32.7 Å². The van der Waals surface area contributed by atoms with Crippen molar-refractivity contribution in [3.05, 3.63) is 0 Å². The Hall–Kier alpha value is -1.16. The van der Waals surface area contributed by atoms with E-state index >= 15 is 0 Å². The standard InChI is InChI=1S/C15H26N4O2/c16-13-15(4-2-1-3-5-15)17-14(21)12-19-8-6-18(7-9-19)10-11-20/h20H,1-12H2,(H,17,21). The summed E-state index contributed by atoms with van der Waals surface area (Å²) in [5.74, 6) is -0.0333. The molecule has 0 spiro atoms. The van der Waals surface area contributed by atoms with Gasteiger partial charge in [0.1, 0.15) is 5.54 Å². The summed E-state index contributed by atoms with van der Waals surface area (Å²) in [6.07, 6.45) is 4.76. The predicted octanol–water partition coefficient (Wildman–Crippen LogP) is -0.0610. The van der Waals surface area contributed by atoms with Crippen LogP contribution in [0.3, 0.4) is 0 Å². The molecule has 6 heteroatoms. The Morgan fingerprint density at radius 3 is 2.33 bits per heavy atom. The predicted molar refractivity (Wildman–Crippen MR) is 79.5 cm³/mol. The minimum Gasteiger partial charge on any atom is -0.395 e. The molecule has 2 N–H and O–H groups in total. The molecule has 0 atom stereocenters. The minimum atomic E-state index is -0.631. The molecule has 1 aliphatic heterocycles. The van der Waals surface area contributed by atoms with Gasteiger partial charge in [0.15, 0.2) is 0 Å². The van der Waals surface area contributed by atoms with Crippen molar-refractivity contribution in [3.8, 4) is 6.07 Å². The number of amides is 1. The van der Waals surface area contributed by atoms with Gasteiger partial charge in [-0.25, -0.2) is 0 Å². The van der Waals surface area contributed by atoms with Crippen LogP contribution in [-0.4, -0.2) is 72.2 Å². The Morgan fingerprint density at radius 1 is 1.14 bits per heavy atom. The summed E-state index contributed by atoms with van der Waals surface area (Å²) in [4.78, 5) is 16.5. The number of rotatable bonds is 5. The maximum atomic E-state index is 12.2. The van der Waals surface area contributed by atoms with Gasteiger partial charge in [-0.2, -0.15) is 5.26 Å². The highest BCUT2D eigenvalue weighted by atomic mass is 16.3. The summed E-state index contributed by atoms with van der Waals surface area (Å²) in [6.45, 7) is 4.72. The molecule has 6 nitrogen and oxygen atoms in total. The summed E-state index contributed by atoms with van der Waals surface area (Å²) in [5, 5.41) is 21.3. The molecule has 21 heavy (non-hydrogen) atoms. The Bertz CT molecular complexity index is 380. The first-order valence-electron chi connectivity index (χ1n) is 7.95. The van der Waals surface area contributed by atoms with Crippen LogP contribution in [0.25, 0.3) is 0 Å². The van der Waals surface area contributed by atoms with E-state index < -0.39 is 5.54 Å². The molecule has 0 bridgehead atoms. The number of carbonyl (C=O) groups excluding carboxylic acids is 1. The van der Waals surface area contributed by atoms with Crippen molar-refractivity contribution in [3.63, 3.8) is 0 Å². The van der Waals surface area contributed by atoms with E-state index in [1.54, 1.807) is 0 Å². The van der Waals surface area contributed by atoms with Crippen LogP contribution >= 0.6 is 0 Å². The number of hydrogen-bond donors (Lipinski definition) is 2. The van der Waals surface area contributed by atoms with Gasteiger partial charge in [-0.05, 0) is 12.8 Å². The van der Waals surface area contributed by atoms with E-state index in [9.17, 15) is 10.1 Å². The van der Waals surface area contributed by atoms with Crippen molar-refractivity contribution in [1.29, 1.82) is 5.26 Å². The fourth-order valence-corrected chi connectivity index (χ4v) is 3.24. The van der Waals surface area contributed by atoms with Gasteiger partial charge in [-0.15, -0.1) is 0 Å². The molecule has 1 saturated heterocycles. The number of nitrogens with zero attached hydrogens (tertiary/aromatic N) is 3. The molecule has 2 fully saturated rings. The highest BCUT2D eigenvalue weighted by molar-refractivity contribution is 5.79. The molecule has 1 aliphatic carbocycles. The molecule has 0 unspecified atom stereocenters. The summed E-state index contributed by atoms with van der Waals surface area (Å²) >= 11 is 0. The molecular formula is C15H26N4O2. The van der Waals surface area contributed by atoms with E-state index in [0.29, 0.717) is 13.1 Å². The third-order valence-corrected chi connectivity index (χ3v) is 4.55. The van der Waals surface area contributed by atoms with E-state index in [1.165, 1.54) is 0 Å². The van der Waals surface area contributed by atoms with Gasteiger partial charge in [0.25, 0.3) is 0 Å². The van der Waals surface area contributed by atoms with Crippen LogP contribution < -0.4 is 5.32 Å². The molecule has 1 amide bonds. The van der Waals surface area contributed by atoms with Crippen LogP contribution in [-0.2, 0) is 4.79 Å². The minimum absolute atomic E-state index is 0.0333. The zero-order valence-electron chi connectivity index (χ0n) is 12.7. The Kier molecular flexibility index (Phi) is 5.97. The van der Waals surface area contributed by atoms with Crippen molar-refractivity contribution in [2.45, 2.75) is 37.6 Å². The van der Waals surface area contributed by atoms with Crippen molar-refractivity contribution < 1.29 is 9.90 Å². The normalized spacial score (nSPS) is 23.4. The van der Waals surface area contributed by atoms with Crippen molar-refractivity contribution >= 4 is 5.91 Å². The molecule has 2 rings (SSSR count). The smallest absolute Gasteiger partial charge is 0.235 e. The van der Waals surface area contributed by atoms with Crippen molar-refractivity contribution in [2.75, 3.05) is 45.9 Å². The summed E-state index contributed by atoms with van der Waals surface area (Å²) in [5.41, 5.74) is -0.631. The third kappa shape index (κ3) is 4.67. The molecule has 0 aromatic heterocycles. The number of piperazine rings is 1. The summed E-state index contributed by atoms with van der Waals surface area (Å²) in [6, 6.07) is 2.32. The number of hydrogen-bond acceptors (Lipinski definition) is 5. The average Bonchev–Trinajstić information content (AvgIpc) is 2.50. The van der Waals surface area contributed by atoms with Crippen LogP contribution in [0.4, 0.5) is 0 Å². The number of nitrogens with one attached hydrogen (secondary N) is 1. The van der Waals surface area contributed by atoms with Gasteiger partial charge in [0.05, 0.1) is 19.2 Å². The first-order valence-corrected chi connectivity index (χ1v) is 7.95. The van der Waals surface area contributed by atoms with E-state index in [4.69, 9.17) is 5.11 Å². The molecule has 0 aromatic rings. The summed E-state index contributed by atoms with van der Waals surface area (Å²) in [7, 11) is 0. The van der Waals surface area contributed by atoms with Crippen LogP contribution in [0.2, 0.25) is 0 Å². The third-order valence-electron chi connectivity index (χ3n) is 4.55. The van der Waals surface area contributed by atoms with E-state index in [-0.39, 0.29) is 12.5 Å². The van der Waals surface area contributed by atoms with Crippen LogP contribution in [0.15, 0.2) is 0 Å². The molecular weight excluding hydrogens is 268 g/mol. The van der Waals surface area contributed by atoms with Gasteiger partial charge >= 0.3 is 0 Å². The van der Waals surface area contributed by atoms with Crippen LogP contribution in [0.5, 0.6) is 0 Å². The molecule has 0 aromatic carbocycles. The van der Waals surface area contributed by atoms with E-state index in [0.717, 1.165) is 58.3 Å². The first-order chi connectivity index (χ1) is 10.2. The van der Waals surface area contributed by atoms with E-state index in [2.05, 4.69) is 21.2 Å². The molecule has 2 aliphatic rings. The fraction of sp³-hybridized carbons (Fsp3) is 0.867. The number of aliphatic hydroxyl groups excluding tert-OH is 1. The highest BCUT2D eigenvalue weighted by Crippen LogP contribution is 2.27. The number of carbonyl (C=O) groups is 1. The first kappa shape index (κ1) is 16.2. The number of nitriles is 1. The lowest BCUT2D eigenvalue weighted by Crippen LogP contribution is -2.54. The highest BCUT2D eigenvalue weighted by Gasteiger charge is 2.34. The van der Waals surface area contributed by atoms with Crippen LogP contribution in [0, 0.1) is 11.3 Å². The van der Waals surface area contributed by atoms with Gasteiger partial charge in [-0.1, -0.05) is 19.3 Å². The lowest BCUT2D eigenvalue weighted by Gasteiger charge is -2.35. The van der Waals surface area contributed by atoms with Crippen molar-refractivity contribution in [2.24, 2.45) is 0 Å². The molecule has 0 radical (unpaired) electrons. The average molecular weight is 294 g/mol. The van der Waals surface area contributed by atoms with Gasteiger partial charge < -0.3 is 10.4 Å². The molecule has 1 heterocycles. The number of aliphatic hydroxyl groups is 1. The Labute approximate surface area is 126 Å².